The van der Waals surface area contributed by atoms with Gasteiger partial charge in [-0.15, -0.1) is 0 Å². The highest BCUT2D eigenvalue weighted by Crippen LogP contribution is 2.35. The number of aromatic nitrogens is 2. The van der Waals surface area contributed by atoms with Gasteiger partial charge in [0.1, 0.15) is 5.69 Å². The monoisotopic (exact) mass is 348 g/mol. The molecule has 2 aliphatic heterocycles. The van der Waals surface area contributed by atoms with Crippen molar-refractivity contribution in [2.45, 2.75) is 25.2 Å². The van der Waals surface area contributed by atoms with E-state index in [9.17, 15) is 4.79 Å². The van der Waals surface area contributed by atoms with Gasteiger partial charge in [-0.1, -0.05) is 6.07 Å². The minimum atomic E-state index is 0.0899. The Labute approximate surface area is 151 Å². The van der Waals surface area contributed by atoms with Crippen molar-refractivity contribution in [3.05, 3.63) is 78.3 Å². The van der Waals surface area contributed by atoms with Crippen LogP contribution in [0.4, 0.5) is 0 Å². The number of likely N-dealkylation sites (tertiary alicyclic amines) is 1. The van der Waals surface area contributed by atoms with E-state index in [2.05, 4.69) is 14.5 Å². The maximum Gasteiger partial charge on any atom is 0.271 e. The largest absolute Gasteiger partial charge is 0.472 e. The van der Waals surface area contributed by atoms with Gasteiger partial charge in [-0.2, -0.15) is 0 Å². The van der Waals surface area contributed by atoms with Crippen LogP contribution in [-0.2, 0) is 13.1 Å². The molecule has 1 amide bonds. The summed E-state index contributed by atoms with van der Waals surface area (Å²) in [5.41, 5.74) is 2.86. The van der Waals surface area contributed by atoms with Crippen LogP contribution in [0.5, 0.6) is 0 Å². The molecule has 0 aromatic carbocycles. The molecule has 1 fully saturated rings. The number of pyridine rings is 1. The van der Waals surface area contributed by atoms with Crippen LogP contribution >= 0.6 is 0 Å². The van der Waals surface area contributed by atoms with Gasteiger partial charge in [-0.3, -0.25) is 14.7 Å². The summed E-state index contributed by atoms with van der Waals surface area (Å²) >= 11 is 0. The molecule has 6 heteroatoms. The van der Waals surface area contributed by atoms with Crippen LogP contribution in [0.1, 0.15) is 27.8 Å². The second-order valence-corrected chi connectivity index (χ2v) is 7.02. The van der Waals surface area contributed by atoms with Crippen molar-refractivity contribution in [2.75, 3.05) is 13.1 Å². The number of furan rings is 1. The number of carbonyl (C=O) groups is 1. The summed E-state index contributed by atoms with van der Waals surface area (Å²) in [7, 11) is 0. The molecule has 0 bridgehead atoms. The summed E-state index contributed by atoms with van der Waals surface area (Å²) in [4.78, 5) is 21.9. The molecule has 2 atom stereocenters. The van der Waals surface area contributed by atoms with Crippen LogP contribution in [0.25, 0.3) is 0 Å². The number of fused-ring (bicyclic) bond motifs is 3. The molecule has 5 heterocycles. The zero-order valence-electron chi connectivity index (χ0n) is 14.4. The third-order valence-electron chi connectivity index (χ3n) is 5.40. The molecule has 0 saturated carbocycles. The molecule has 3 aromatic heterocycles. The van der Waals surface area contributed by atoms with Crippen molar-refractivity contribution in [3.63, 3.8) is 0 Å². The molecule has 5 rings (SSSR count). The third kappa shape index (κ3) is 2.54. The van der Waals surface area contributed by atoms with Crippen LogP contribution in [0.3, 0.4) is 0 Å². The van der Waals surface area contributed by atoms with Crippen LogP contribution < -0.4 is 0 Å². The summed E-state index contributed by atoms with van der Waals surface area (Å²) in [5.74, 6) is 0.0899. The molecule has 0 radical (unpaired) electrons. The Kier molecular flexibility index (Phi) is 3.64. The Morgan fingerprint density at radius 3 is 2.81 bits per heavy atom. The topological polar surface area (TPSA) is 54.5 Å². The number of carbonyl (C=O) groups excluding carboxylic acids is 1. The first-order valence-corrected chi connectivity index (χ1v) is 8.91. The quantitative estimate of drug-likeness (QED) is 0.727. The zero-order valence-corrected chi connectivity index (χ0v) is 14.4. The lowest BCUT2D eigenvalue weighted by Crippen LogP contribution is -2.49. The fourth-order valence-electron chi connectivity index (χ4n) is 4.21. The lowest BCUT2D eigenvalue weighted by molar-refractivity contribution is 0.0553. The number of nitrogens with zero attached hydrogens (tertiary/aromatic N) is 4. The highest BCUT2D eigenvalue weighted by Gasteiger charge is 2.44. The lowest BCUT2D eigenvalue weighted by atomic mass is 10.1. The number of rotatable bonds is 4. The van der Waals surface area contributed by atoms with Crippen molar-refractivity contribution < 1.29 is 9.21 Å². The van der Waals surface area contributed by atoms with E-state index in [1.807, 2.05) is 47.5 Å². The van der Waals surface area contributed by atoms with Gasteiger partial charge in [0.15, 0.2) is 0 Å². The van der Waals surface area contributed by atoms with Crippen LogP contribution in [-0.4, -0.2) is 44.4 Å². The number of amides is 1. The summed E-state index contributed by atoms with van der Waals surface area (Å²) < 4.78 is 7.35. The van der Waals surface area contributed by atoms with Crippen LogP contribution in [0.15, 0.2) is 65.7 Å². The van der Waals surface area contributed by atoms with Gasteiger partial charge in [0.2, 0.25) is 0 Å². The van der Waals surface area contributed by atoms with E-state index in [1.54, 1.807) is 18.7 Å². The van der Waals surface area contributed by atoms with E-state index >= 15 is 0 Å². The van der Waals surface area contributed by atoms with E-state index in [4.69, 9.17) is 4.42 Å². The van der Waals surface area contributed by atoms with Crippen molar-refractivity contribution in [1.82, 2.24) is 19.4 Å². The van der Waals surface area contributed by atoms with Gasteiger partial charge < -0.3 is 13.9 Å². The Morgan fingerprint density at radius 1 is 1.08 bits per heavy atom. The summed E-state index contributed by atoms with van der Waals surface area (Å²) in [6.07, 6.45) is 7.31. The molecule has 2 unspecified atom stereocenters. The minimum absolute atomic E-state index is 0.0899. The van der Waals surface area contributed by atoms with Crippen molar-refractivity contribution >= 4 is 5.91 Å². The highest BCUT2D eigenvalue weighted by molar-refractivity contribution is 5.94. The SMILES string of the molecule is O=C1c2cccn2C2CN(Cc3ccoc3)CC2N1Cc1ccccn1. The number of hydrogen-bond acceptors (Lipinski definition) is 4. The molecule has 6 nitrogen and oxygen atoms in total. The maximum absolute atomic E-state index is 13.1. The Hall–Kier alpha value is -2.86. The predicted molar refractivity (Wildman–Crippen MR) is 95.4 cm³/mol. The van der Waals surface area contributed by atoms with Gasteiger partial charge in [0, 0.05) is 37.6 Å². The smallest absolute Gasteiger partial charge is 0.271 e. The molecular weight excluding hydrogens is 328 g/mol. The molecule has 0 aliphatic carbocycles. The standard InChI is InChI=1S/C20H20N4O2/c25-20-17-5-3-8-23(17)18-12-22(10-15-6-9-26-14-15)13-19(18)24(20)11-16-4-1-2-7-21-16/h1-9,14,18-19H,10-13H2. The summed E-state index contributed by atoms with van der Waals surface area (Å²) in [6, 6.07) is 12.2. The van der Waals surface area contributed by atoms with Crippen molar-refractivity contribution in [2.24, 2.45) is 0 Å². The van der Waals surface area contributed by atoms with Gasteiger partial charge in [0.05, 0.1) is 36.8 Å². The van der Waals surface area contributed by atoms with Gasteiger partial charge in [-0.05, 0) is 30.3 Å². The Morgan fingerprint density at radius 2 is 2.00 bits per heavy atom. The van der Waals surface area contributed by atoms with E-state index in [0.717, 1.165) is 31.0 Å². The zero-order chi connectivity index (χ0) is 17.5. The number of hydrogen-bond donors (Lipinski definition) is 0. The second-order valence-electron chi connectivity index (χ2n) is 7.02. The molecule has 2 aliphatic rings. The maximum atomic E-state index is 13.1. The average Bonchev–Trinajstić information content (AvgIpc) is 3.40. The van der Waals surface area contributed by atoms with E-state index in [-0.39, 0.29) is 18.0 Å². The van der Waals surface area contributed by atoms with E-state index in [0.29, 0.717) is 6.54 Å². The van der Waals surface area contributed by atoms with Gasteiger partial charge >= 0.3 is 0 Å². The summed E-state index contributed by atoms with van der Waals surface area (Å²) in [6.45, 7) is 3.16. The van der Waals surface area contributed by atoms with Crippen molar-refractivity contribution in [1.29, 1.82) is 0 Å². The molecule has 0 spiro atoms. The predicted octanol–water partition coefficient (Wildman–Crippen LogP) is 2.56. The molecule has 3 aromatic rings. The molecule has 26 heavy (non-hydrogen) atoms. The summed E-state index contributed by atoms with van der Waals surface area (Å²) in [5, 5.41) is 0. The Balaban J connectivity index is 1.45. The first-order chi connectivity index (χ1) is 12.8. The highest BCUT2D eigenvalue weighted by atomic mass is 16.3. The fourth-order valence-corrected chi connectivity index (χ4v) is 4.21. The molecule has 0 N–H and O–H groups in total. The normalized spacial score (nSPS) is 22.5. The molecule has 1 saturated heterocycles. The van der Waals surface area contributed by atoms with Crippen LogP contribution in [0, 0.1) is 0 Å². The molecular formula is C20H20N4O2. The first kappa shape index (κ1) is 15.4. The van der Waals surface area contributed by atoms with Gasteiger partial charge in [0.25, 0.3) is 5.91 Å². The fraction of sp³-hybridized carbons (Fsp3) is 0.300. The van der Waals surface area contributed by atoms with Crippen LogP contribution in [0.2, 0.25) is 0 Å². The lowest BCUT2D eigenvalue weighted by Gasteiger charge is -2.38. The van der Waals surface area contributed by atoms with E-state index in [1.165, 1.54) is 5.56 Å². The van der Waals surface area contributed by atoms with E-state index < -0.39 is 0 Å². The van der Waals surface area contributed by atoms with Gasteiger partial charge in [-0.25, -0.2) is 0 Å². The first-order valence-electron chi connectivity index (χ1n) is 8.91. The third-order valence-corrected chi connectivity index (χ3v) is 5.40. The molecule has 132 valence electrons. The second kappa shape index (κ2) is 6.14. The minimum Gasteiger partial charge on any atom is -0.472 e. The van der Waals surface area contributed by atoms with Crippen molar-refractivity contribution in [3.8, 4) is 0 Å². The Bertz CT molecular complexity index is 903. The average molecular weight is 348 g/mol.